The van der Waals surface area contributed by atoms with Crippen LogP contribution in [-0.4, -0.2) is 12.6 Å². The van der Waals surface area contributed by atoms with Gasteiger partial charge in [0.1, 0.15) is 0 Å². The fraction of sp³-hybridized carbons (Fsp3) is 0.833. The Balaban J connectivity index is 2.00. The monoisotopic (exact) mass is 177 g/mol. The van der Waals surface area contributed by atoms with Crippen LogP contribution in [0.3, 0.4) is 0 Å². The van der Waals surface area contributed by atoms with Crippen LogP contribution >= 0.6 is 0 Å². The Morgan fingerprint density at radius 3 is 3.00 bits per heavy atom. The van der Waals surface area contributed by atoms with E-state index in [9.17, 15) is 0 Å². The maximum absolute atomic E-state index is 3.69. The SMILES string of the molecule is CC1CCC2CCCC3NCC1=C23. The first-order valence-electron chi connectivity index (χ1n) is 5.82. The quantitative estimate of drug-likeness (QED) is 0.560. The van der Waals surface area contributed by atoms with E-state index in [0.29, 0.717) is 0 Å². The van der Waals surface area contributed by atoms with Crippen LogP contribution < -0.4 is 5.32 Å². The van der Waals surface area contributed by atoms with Crippen molar-refractivity contribution < 1.29 is 0 Å². The highest BCUT2D eigenvalue weighted by Gasteiger charge is 2.37. The first kappa shape index (κ1) is 8.05. The maximum atomic E-state index is 3.69. The molecule has 0 amide bonds. The Morgan fingerprint density at radius 2 is 2.08 bits per heavy atom. The van der Waals surface area contributed by atoms with Crippen molar-refractivity contribution in [2.24, 2.45) is 11.8 Å². The van der Waals surface area contributed by atoms with Crippen molar-refractivity contribution in [1.82, 2.24) is 5.32 Å². The van der Waals surface area contributed by atoms with Crippen LogP contribution in [0, 0.1) is 11.8 Å². The molecule has 3 unspecified atom stereocenters. The topological polar surface area (TPSA) is 12.0 Å². The van der Waals surface area contributed by atoms with Crippen molar-refractivity contribution in [1.29, 1.82) is 0 Å². The molecule has 0 aromatic rings. The largest absolute Gasteiger partial charge is 0.306 e. The Hall–Kier alpha value is -0.300. The lowest BCUT2D eigenvalue weighted by atomic mass is 9.71. The first-order chi connectivity index (χ1) is 6.36. The number of rotatable bonds is 0. The Kier molecular flexibility index (Phi) is 1.76. The predicted molar refractivity (Wildman–Crippen MR) is 54.6 cm³/mol. The Bertz CT molecular complexity index is 254. The smallest absolute Gasteiger partial charge is 0.0288 e. The molecule has 13 heavy (non-hydrogen) atoms. The summed E-state index contributed by atoms with van der Waals surface area (Å²) in [7, 11) is 0. The van der Waals surface area contributed by atoms with Crippen molar-refractivity contribution >= 4 is 0 Å². The van der Waals surface area contributed by atoms with E-state index in [4.69, 9.17) is 0 Å². The molecule has 0 spiro atoms. The summed E-state index contributed by atoms with van der Waals surface area (Å²) in [5, 5.41) is 3.69. The van der Waals surface area contributed by atoms with Gasteiger partial charge in [-0.05, 0) is 43.1 Å². The van der Waals surface area contributed by atoms with Gasteiger partial charge in [0.2, 0.25) is 0 Å². The lowest BCUT2D eigenvalue weighted by molar-refractivity contribution is 0.349. The zero-order valence-electron chi connectivity index (χ0n) is 8.47. The lowest BCUT2D eigenvalue weighted by Crippen LogP contribution is -2.31. The summed E-state index contributed by atoms with van der Waals surface area (Å²) >= 11 is 0. The molecule has 1 fully saturated rings. The summed E-state index contributed by atoms with van der Waals surface area (Å²) in [5.74, 6) is 1.85. The van der Waals surface area contributed by atoms with Crippen LogP contribution in [0.5, 0.6) is 0 Å². The van der Waals surface area contributed by atoms with Gasteiger partial charge in [0, 0.05) is 12.6 Å². The van der Waals surface area contributed by atoms with E-state index in [2.05, 4.69) is 12.2 Å². The van der Waals surface area contributed by atoms with E-state index in [1.165, 1.54) is 38.6 Å². The molecule has 3 atom stereocenters. The molecule has 1 nitrogen and oxygen atoms in total. The second-order valence-corrected chi connectivity index (χ2v) is 5.02. The molecule has 3 aliphatic rings. The third-order valence-corrected chi connectivity index (χ3v) is 4.31. The summed E-state index contributed by atoms with van der Waals surface area (Å²) in [6.45, 7) is 3.62. The summed E-state index contributed by atoms with van der Waals surface area (Å²) in [5.41, 5.74) is 3.64. The number of hydrogen-bond donors (Lipinski definition) is 1. The molecule has 1 heterocycles. The average Bonchev–Trinajstić information content (AvgIpc) is 2.57. The molecular weight excluding hydrogens is 158 g/mol. The standard InChI is InChI=1S/C12H19N/c1-8-5-6-9-3-2-4-11-12(9)10(8)7-13-11/h8-9,11,13H,2-7H2,1H3. The van der Waals surface area contributed by atoms with E-state index in [1.807, 2.05) is 5.57 Å². The molecular formula is C12H19N. The molecule has 0 aromatic heterocycles. The van der Waals surface area contributed by atoms with Gasteiger partial charge in [-0.3, -0.25) is 0 Å². The van der Waals surface area contributed by atoms with E-state index in [-0.39, 0.29) is 0 Å². The Labute approximate surface area is 80.6 Å². The van der Waals surface area contributed by atoms with Gasteiger partial charge < -0.3 is 5.32 Å². The maximum Gasteiger partial charge on any atom is 0.0288 e. The predicted octanol–water partition coefficient (Wildman–Crippen LogP) is 2.48. The van der Waals surface area contributed by atoms with Crippen LogP contribution in [0.25, 0.3) is 0 Å². The molecule has 1 N–H and O–H groups in total. The molecule has 72 valence electrons. The minimum Gasteiger partial charge on any atom is -0.306 e. The van der Waals surface area contributed by atoms with Crippen LogP contribution in [0.15, 0.2) is 11.1 Å². The summed E-state index contributed by atoms with van der Waals surface area (Å²) in [6.07, 6.45) is 7.25. The minimum absolute atomic E-state index is 0.788. The highest BCUT2D eigenvalue weighted by molar-refractivity contribution is 5.34. The summed E-state index contributed by atoms with van der Waals surface area (Å²) in [4.78, 5) is 0. The third kappa shape index (κ3) is 1.10. The molecule has 2 aliphatic carbocycles. The summed E-state index contributed by atoms with van der Waals surface area (Å²) < 4.78 is 0. The van der Waals surface area contributed by atoms with E-state index in [1.54, 1.807) is 5.57 Å². The van der Waals surface area contributed by atoms with E-state index >= 15 is 0 Å². The van der Waals surface area contributed by atoms with Crippen molar-refractivity contribution in [3.8, 4) is 0 Å². The Morgan fingerprint density at radius 1 is 1.15 bits per heavy atom. The second kappa shape index (κ2) is 2.84. The van der Waals surface area contributed by atoms with Gasteiger partial charge in [0.05, 0.1) is 0 Å². The van der Waals surface area contributed by atoms with Crippen LogP contribution in [0.4, 0.5) is 0 Å². The van der Waals surface area contributed by atoms with Gasteiger partial charge in [-0.15, -0.1) is 0 Å². The number of hydrogen-bond acceptors (Lipinski definition) is 1. The molecule has 0 bridgehead atoms. The van der Waals surface area contributed by atoms with Gasteiger partial charge in [0.25, 0.3) is 0 Å². The van der Waals surface area contributed by atoms with Crippen LogP contribution in [-0.2, 0) is 0 Å². The molecule has 3 rings (SSSR count). The van der Waals surface area contributed by atoms with Crippen LogP contribution in [0.2, 0.25) is 0 Å². The van der Waals surface area contributed by atoms with Gasteiger partial charge in [-0.2, -0.15) is 0 Å². The summed E-state index contributed by atoms with van der Waals surface area (Å²) in [6, 6.07) is 0.788. The van der Waals surface area contributed by atoms with E-state index < -0.39 is 0 Å². The van der Waals surface area contributed by atoms with Gasteiger partial charge in [0.15, 0.2) is 0 Å². The van der Waals surface area contributed by atoms with Crippen molar-refractivity contribution in [3.05, 3.63) is 11.1 Å². The third-order valence-electron chi connectivity index (χ3n) is 4.31. The van der Waals surface area contributed by atoms with Gasteiger partial charge in [-0.1, -0.05) is 18.9 Å². The molecule has 0 saturated heterocycles. The van der Waals surface area contributed by atoms with Crippen LogP contribution in [0.1, 0.15) is 39.0 Å². The lowest BCUT2D eigenvalue weighted by Gasteiger charge is -2.35. The normalized spacial score (nSPS) is 43.6. The zero-order valence-corrected chi connectivity index (χ0v) is 8.47. The second-order valence-electron chi connectivity index (χ2n) is 5.02. The molecule has 1 heteroatoms. The number of nitrogens with one attached hydrogen (secondary N) is 1. The van der Waals surface area contributed by atoms with Gasteiger partial charge in [-0.25, -0.2) is 0 Å². The average molecular weight is 177 g/mol. The first-order valence-corrected chi connectivity index (χ1v) is 5.82. The van der Waals surface area contributed by atoms with Gasteiger partial charge >= 0.3 is 0 Å². The molecule has 1 aliphatic heterocycles. The zero-order chi connectivity index (χ0) is 8.84. The van der Waals surface area contributed by atoms with E-state index in [0.717, 1.165) is 17.9 Å². The van der Waals surface area contributed by atoms with Crippen molar-refractivity contribution in [2.75, 3.05) is 6.54 Å². The highest BCUT2D eigenvalue weighted by atomic mass is 14.9. The highest BCUT2D eigenvalue weighted by Crippen LogP contribution is 2.44. The fourth-order valence-electron chi connectivity index (χ4n) is 3.58. The minimum atomic E-state index is 0.788. The van der Waals surface area contributed by atoms with Crippen molar-refractivity contribution in [3.63, 3.8) is 0 Å². The molecule has 0 radical (unpaired) electrons. The van der Waals surface area contributed by atoms with Crippen molar-refractivity contribution in [2.45, 2.75) is 45.1 Å². The molecule has 0 aromatic carbocycles. The molecule has 1 saturated carbocycles. The fourth-order valence-corrected chi connectivity index (χ4v) is 3.58.